The maximum atomic E-state index is 13.5. The van der Waals surface area contributed by atoms with Crippen LogP contribution in [0.15, 0.2) is 36.7 Å². The molecule has 0 aliphatic carbocycles. The van der Waals surface area contributed by atoms with E-state index in [9.17, 15) is 4.79 Å². The Labute approximate surface area is 183 Å². The van der Waals surface area contributed by atoms with Gasteiger partial charge in [-0.1, -0.05) is 13.8 Å². The van der Waals surface area contributed by atoms with Crippen molar-refractivity contribution >= 4 is 22.9 Å². The highest BCUT2D eigenvalue weighted by atomic mass is 32.1. The summed E-state index contributed by atoms with van der Waals surface area (Å²) in [6.45, 7) is 5.31. The molecule has 3 aliphatic rings. The standard InChI is InChI=1S/C23H21N3O4S/c1-13(2)22-25-9-14(31-22)10-26-16-4-3-5-24-21(16)23(8-20(26)27)11-28-17-7-19-18(6-15(17)23)29-12-30-19/h3-7,9,13H,8,10-12H2,1-2H3. The summed E-state index contributed by atoms with van der Waals surface area (Å²) in [6.07, 6.45) is 3.95. The minimum Gasteiger partial charge on any atom is -0.492 e. The molecule has 0 fully saturated rings. The number of hydrogen-bond acceptors (Lipinski definition) is 7. The highest BCUT2D eigenvalue weighted by molar-refractivity contribution is 7.11. The molecule has 7 nitrogen and oxygen atoms in total. The molecule has 1 atom stereocenters. The number of ether oxygens (including phenoxy) is 3. The molecular formula is C23H21N3O4S. The Hall–Kier alpha value is -3.13. The highest BCUT2D eigenvalue weighted by Crippen LogP contribution is 2.54. The lowest BCUT2D eigenvalue weighted by atomic mass is 9.73. The normalized spacial score (nSPS) is 20.9. The summed E-state index contributed by atoms with van der Waals surface area (Å²) in [5.41, 5.74) is 2.00. The van der Waals surface area contributed by atoms with Gasteiger partial charge in [0.05, 0.1) is 28.3 Å². The van der Waals surface area contributed by atoms with Gasteiger partial charge in [-0.15, -0.1) is 11.3 Å². The molecule has 3 aliphatic heterocycles. The summed E-state index contributed by atoms with van der Waals surface area (Å²) in [4.78, 5) is 25.6. The van der Waals surface area contributed by atoms with E-state index in [0.717, 1.165) is 32.6 Å². The first kappa shape index (κ1) is 18.6. The van der Waals surface area contributed by atoms with Gasteiger partial charge in [0.2, 0.25) is 12.7 Å². The van der Waals surface area contributed by atoms with Gasteiger partial charge in [0.25, 0.3) is 0 Å². The Balaban J connectivity index is 1.43. The Morgan fingerprint density at radius 2 is 2.00 bits per heavy atom. The van der Waals surface area contributed by atoms with Crippen molar-refractivity contribution in [3.8, 4) is 17.2 Å². The van der Waals surface area contributed by atoms with Gasteiger partial charge in [-0.05, 0) is 18.2 Å². The second-order valence-corrected chi connectivity index (χ2v) is 9.57. The lowest BCUT2D eigenvalue weighted by Crippen LogP contribution is -2.46. The van der Waals surface area contributed by atoms with Crippen molar-refractivity contribution in [1.29, 1.82) is 0 Å². The topological polar surface area (TPSA) is 73.8 Å². The lowest BCUT2D eigenvalue weighted by molar-refractivity contribution is -0.120. The average molecular weight is 436 g/mol. The van der Waals surface area contributed by atoms with E-state index in [-0.39, 0.29) is 12.7 Å². The summed E-state index contributed by atoms with van der Waals surface area (Å²) in [5, 5.41) is 1.08. The van der Waals surface area contributed by atoms with E-state index in [0.29, 0.717) is 37.0 Å². The number of benzene rings is 1. The van der Waals surface area contributed by atoms with Gasteiger partial charge in [0.1, 0.15) is 12.4 Å². The van der Waals surface area contributed by atoms with Crippen LogP contribution < -0.4 is 19.1 Å². The third-order valence-electron chi connectivity index (χ3n) is 6.13. The van der Waals surface area contributed by atoms with Gasteiger partial charge >= 0.3 is 0 Å². The number of anilines is 1. The summed E-state index contributed by atoms with van der Waals surface area (Å²) >= 11 is 1.66. The first-order valence-electron chi connectivity index (χ1n) is 10.3. The average Bonchev–Trinajstić information content (AvgIpc) is 3.49. The number of thiazole rings is 1. The predicted octanol–water partition coefficient (Wildman–Crippen LogP) is 4.01. The molecule has 0 N–H and O–H groups in total. The van der Waals surface area contributed by atoms with Crippen LogP contribution in [0.3, 0.4) is 0 Å². The highest BCUT2D eigenvalue weighted by Gasteiger charge is 2.51. The monoisotopic (exact) mass is 435 g/mol. The van der Waals surface area contributed by atoms with Crippen molar-refractivity contribution in [2.24, 2.45) is 0 Å². The number of carbonyl (C=O) groups excluding carboxylic acids is 1. The van der Waals surface area contributed by atoms with E-state index in [1.54, 1.807) is 17.5 Å². The largest absolute Gasteiger partial charge is 0.492 e. The van der Waals surface area contributed by atoms with Crippen LogP contribution >= 0.6 is 11.3 Å². The van der Waals surface area contributed by atoms with Gasteiger partial charge in [-0.2, -0.15) is 0 Å². The number of nitrogens with zero attached hydrogens (tertiary/aromatic N) is 3. The second-order valence-electron chi connectivity index (χ2n) is 8.42. The minimum atomic E-state index is -0.628. The summed E-state index contributed by atoms with van der Waals surface area (Å²) in [6, 6.07) is 7.65. The number of aromatic nitrogens is 2. The third-order valence-corrected chi connectivity index (χ3v) is 7.41. The van der Waals surface area contributed by atoms with Crippen LogP contribution in [-0.2, 0) is 16.8 Å². The first-order valence-corrected chi connectivity index (χ1v) is 11.1. The van der Waals surface area contributed by atoms with Crippen LogP contribution in [0.5, 0.6) is 17.2 Å². The Morgan fingerprint density at radius 1 is 1.16 bits per heavy atom. The van der Waals surface area contributed by atoms with Crippen molar-refractivity contribution in [2.45, 2.75) is 38.1 Å². The summed E-state index contributed by atoms with van der Waals surface area (Å²) in [7, 11) is 0. The SMILES string of the molecule is CC(C)c1ncc(CN2C(=O)CC3(COc4cc5c(cc43)OCO5)c3ncccc32)s1. The molecule has 0 saturated carbocycles. The van der Waals surface area contributed by atoms with E-state index >= 15 is 0 Å². The van der Waals surface area contributed by atoms with Crippen LogP contribution in [0, 0.1) is 0 Å². The molecule has 3 aromatic rings. The Morgan fingerprint density at radius 3 is 2.81 bits per heavy atom. The maximum absolute atomic E-state index is 13.5. The quantitative estimate of drug-likeness (QED) is 0.619. The molecule has 0 bridgehead atoms. The fourth-order valence-corrected chi connectivity index (χ4v) is 5.49. The molecule has 1 spiro atoms. The fourth-order valence-electron chi connectivity index (χ4n) is 4.58. The molecule has 5 heterocycles. The van der Waals surface area contributed by atoms with E-state index in [2.05, 4.69) is 18.8 Å². The molecule has 1 amide bonds. The predicted molar refractivity (Wildman–Crippen MR) is 115 cm³/mol. The minimum absolute atomic E-state index is 0.0501. The van der Waals surface area contributed by atoms with Crippen molar-refractivity contribution in [1.82, 2.24) is 9.97 Å². The van der Waals surface area contributed by atoms with Gasteiger partial charge in [0, 0.05) is 41.2 Å². The number of rotatable bonds is 3. The van der Waals surface area contributed by atoms with E-state index in [1.807, 2.05) is 35.4 Å². The molecule has 31 heavy (non-hydrogen) atoms. The van der Waals surface area contributed by atoms with Crippen LogP contribution in [0.1, 0.15) is 47.3 Å². The zero-order valence-electron chi connectivity index (χ0n) is 17.3. The third kappa shape index (κ3) is 2.74. The van der Waals surface area contributed by atoms with Crippen LogP contribution in [0.4, 0.5) is 5.69 Å². The summed E-state index contributed by atoms with van der Waals surface area (Å²) < 4.78 is 17.1. The molecule has 0 saturated heterocycles. The number of fused-ring (bicyclic) bond motifs is 5. The first-order chi connectivity index (χ1) is 15.0. The van der Waals surface area contributed by atoms with E-state index in [1.165, 1.54) is 0 Å². The second kappa shape index (κ2) is 6.68. The molecule has 0 radical (unpaired) electrons. The van der Waals surface area contributed by atoms with Crippen LogP contribution in [-0.4, -0.2) is 29.3 Å². The number of carbonyl (C=O) groups is 1. The van der Waals surface area contributed by atoms with Crippen molar-refractivity contribution in [3.05, 3.63) is 57.8 Å². The Bertz CT molecular complexity index is 1210. The molecule has 2 aromatic heterocycles. The number of hydrogen-bond donors (Lipinski definition) is 0. The smallest absolute Gasteiger partial charge is 0.231 e. The van der Waals surface area contributed by atoms with Gasteiger partial charge in [0.15, 0.2) is 11.5 Å². The van der Waals surface area contributed by atoms with Gasteiger partial charge < -0.3 is 19.1 Å². The van der Waals surface area contributed by atoms with Crippen molar-refractivity contribution in [3.63, 3.8) is 0 Å². The molecule has 6 rings (SSSR count). The summed E-state index contributed by atoms with van der Waals surface area (Å²) in [5.74, 6) is 2.50. The molecule has 158 valence electrons. The Kier molecular flexibility index (Phi) is 4.02. The van der Waals surface area contributed by atoms with Crippen LogP contribution in [0.2, 0.25) is 0 Å². The molecule has 1 aromatic carbocycles. The molecule has 1 unspecified atom stereocenters. The lowest BCUT2D eigenvalue weighted by Gasteiger charge is -2.38. The van der Waals surface area contributed by atoms with Crippen LogP contribution in [0.25, 0.3) is 0 Å². The van der Waals surface area contributed by atoms with E-state index in [4.69, 9.17) is 19.2 Å². The fraction of sp³-hybridized carbons (Fsp3) is 0.348. The van der Waals surface area contributed by atoms with Gasteiger partial charge in [-0.25, -0.2) is 4.98 Å². The molecule has 8 heteroatoms. The zero-order chi connectivity index (χ0) is 21.2. The maximum Gasteiger partial charge on any atom is 0.231 e. The number of amides is 1. The van der Waals surface area contributed by atoms with Crippen molar-refractivity contribution in [2.75, 3.05) is 18.3 Å². The zero-order valence-corrected chi connectivity index (χ0v) is 18.1. The van der Waals surface area contributed by atoms with Gasteiger partial charge in [-0.3, -0.25) is 9.78 Å². The molecular weight excluding hydrogens is 414 g/mol. The number of pyridine rings is 1. The van der Waals surface area contributed by atoms with Crippen molar-refractivity contribution < 1.29 is 19.0 Å². The van der Waals surface area contributed by atoms with E-state index < -0.39 is 5.41 Å².